The van der Waals surface area contributed by atoms with Crippen LogP contribution in [0.4, 0.5) is 0 Å². The quantitative estimate of drug-likeness (QED) is 0.202. The Morgan fingerprint density at radius 2 is 1.87 bits per heavy atom. The lowest BCUT2D eigenvalue weighted by molar-refractivity contribution is -0.130. The number of nitrogens with zero attached hydrogens (tertiary/aromatic N) is 1. The molecular formula is C8H16N4O3. The van der Waals surface area contributed by atoms with Gasteiger partial charge in [-0.05, 0) is 20.8 Å². The summed E-state index contributed by atoms with van der Waals surface area (Å²) in [6, 6.07) is -0.803. The van der Waals surface area contributed by atoms with E-state index >= 15 is 0 Å². The Hall–Kier alpha value is -1.79. The molecule has 0 radical (unpaired) electrons. The second-order valence-corrected chi connectivity index (χ2v) is 3.71. The first-order valence-electron chi connectivity index (χ1n) is 4.31. The summed E-state index contributed by atoms with van der Waals surface area (Å²) in [4.78, 5) is 22.3. The molecule has 0 aliphatic rings. The van der Waals surface area contributed by atoms with E-state index in [1.54, 1.807) is 0 Å². The van der Waals surface area contributed by atoms with Gasteiger partial charge in [-0.15, -0.1) is 0 Å². The van der Waals surface area contributed by atoms with Crippen molar-refractivity contribution in [2.45, 2.75) is 26.8 Å². The maximum Gasteiger partial charge on any atom is 0.239 e. The lowest BCUT2D eigenvalue weighted by Crippen LogP contribution is -2.51. The molecule has 6 N–H and O–H groups in total. The van der Waals surface area contributed by atoms with Crippen LogP contribution in [0.1, 0.15) is 20.8 Å². The highest BCUT2D eigenvalue weighted by Gasteiger charge is 2.34. The smallest absolute Gasteiger partial charge is 0.239 e. The molecule has 0 heterocycles. The van der Waals surface area contributed by atoms with Crippen molar-refractivity contribution in [3.63, 3.8) is 0 Å². The van der Waals surface area contributed by atoms with Crippen molar-refractivity contribution in [2.75, 3.05) is 0 Å². The Labute approximate surface area is 87.5 Å². The summed E-state index contributed by atoms with van der Waals surface area (Å²) in [6.45, 7) is 4.37. The highest BCUT2D eigenvalue weighted by molar-refractivity contribution is 6.06. The number of carbonyl (C=O) groups excluding carboxylic acids is 2. The lowest BCUT2D eigenvalue weighted by Gasteiger charge is -2.23. The van der Waals surface area contributed by atoms with E-state index in [0.717, 1.165) is 0 Å². The molecule has 7 nitrogen and oxygen atoms in total. The van der Waals surface area contributed by atoms with E-state index in [-0.39, 0.29) is 5.84 Å². The van der Waals surface area contributed by atoms with Crippen molar-refractivity contribution < 1.29 is 14.8 Å². The molecule has 7 heteroatoms. The summed E-state index contributed by atoms with van der Waals surface area (Å²) in [6.07, 6.45) is 0. The van der Waals surface area contributed by atoms with Crippen LogP contribution in [0.5, 0.6) is 0 Å². The van der Waals surface area contributed by atoms with E-state index in [1.807, 2.05) is 0 Å². The van der Waals surface area contributed by atoms with Gasteiger partial charge in [0.1, 0.15) is 11.5 Å². The molecule has 0 rings (SSSR count). The van der Waals surface area contributed by atoms with Crippen LogP contribution in [0, 0.1) is 5.41 Å². The first-order chi connectivity index (χ1) is 6.73. The van der Waals surface area contributed by atoms with Crippen LogP contribution in [0.2, 0.25) is 0 Å². The summed E-state index contributed by atoms with van der Waals surface area (Å²) in [5.41, 5.74) is 9.10. The molecule has 0 spiro atoms. The van der Waals surface area contributed by atoms with Crippen LogP contribution in [-0.4, -0.2) is 28.9 Å². The van der Waals surface area contributed by atoms with Gasteiger partial charge in [0.15, 0.2) is 5.84 Å². The number of amides is 2. The molecule has 86 valence electrons. The monoisotopic (exact) mass is 216 g/mol. The lowest BCUT2D eigenvalue weighted by atomic mass is 9.90. The Morgan fingerprint density at radius 1 is 1.40 bits per heavy atom. The molecule has 0 aromatic rings. The SMILES string of the molecule is CC(NC(=O)C(C)(C)C(N)=NO)C(N)=O. The molecule has 0 saturated carbocycles. The Bertz CT molecular complexity index is 298. The second-order valence-electron chi connectivity index (χ2n) is 3.71. The van der Waals surface area contributed by atoms with E-state index < -0.39 is 23.3 Å². The molecule has 0 aromatic carbocycles. The third-order valence-corrected chi connectivity index (χ3v) is 2.09. The van der Waals surface area contributed by atoms with E-state index in [2.05, 4.69) is 10.5 Å². The minimum atomic E-state index is -1.20. The Morgan fingerprint density at radius 3 is 2.20 bits per heavy atom. The fourth-order valence-electron chi connectivity index (χ4n) is 0.690. The van der Waals surface area contributed by atoms with Crippen LogP contribution >= 0.6 is 0 Å². The van der Waals surface area contributed by atoms with Crippen molar-refractivity contribution in [3.8, 4) is 0 Å². The van der Waals surface area contributed by atoms with Crippen LogP contribution in [0.3, 0.4) is 0 Å². The van der Waals surface area contributed by atoms with Gasteiger partial charge in [0.25, 0.3) is 0 Å². The zero-order valence-electron chi connectivity index (χ0n) is 8.94. The molecule has 0 aliphatic heterocycles. The van der Waals surface area contributed by atoms with Crippen LogP contribution in [0.15, 0.2) is 5.16 Å². The number of nitrogens with two attached hydrogens (primary N) is 2. The fourth-order valence-corrected chi connectivity index (χ4v) is 0.690. The Kier molecular flexibility index (Phi) is 4.07. The second kappa shape index (κ2) is 4.63. The van der Waals surface area contributed by atoms with Crippen molar-refractivity contribution in [1.29, 1.82) is 0 Å². The number of oxime groups is 1. The van der Waals surface area contributed by atoms with E-state index in [9.17, 15) is 9.59 Å². The molecular weight excluding hydrogens is 200 g/mol. The topological polar surface area (TPSA) is 131 Å². The zero-order chi connectivity index (χ0) is 12.2. The maximum atomic E-state index is 11.6. The van der Waals surface area contributed by atoms with E-state index in [1.165, 1.54) is 20.8 Å². The number of nitrogens with one attached hydrogen (secondary N) is 1. The van der Waals surface area contributed by atoms with Gasteiger partial charge in [-0.2, -0.15) is 0 Å². The van der Waals surface area contributed by atoms with E-state index in [4.69, 9.17) is 16.7 Å². The van der Waals surface area contributed by atoms with Crippen molar-refractivity contribution >= 4 is 17.6 Å². The third kappa shape index (κ3) is 3.12. The summed E-state index contributed by atoms with van der Waals surface area (Å²) in [5, 5.41) is 13.6. The average Bonchev–Trinajstić information content (AvgIpc) is 2.15. The minimum absolute atomic E-state index is 0.239. The number of carbonyl (C=O) groups is 2. The molecule has 1 atom stereocenters. The van der Waals surface area contributed by atoms with Gasteiger partial charge < -0.3 is 22.0 Å². The molecule has 15 heavy (non-hydrogen) atoms. The fraction of sp³-hybridized carbons (Fsp3) is 0.625. The Balaban J connectivity index is 4.66. The average molecular weight is 216 g/mol. The van der Waals surface area contributed by atoms with Gasteiger partial charge in [-0.3, -0.25) is 9.59 Å². The first-order valence-corrected chi connectivity index (χ1v) is 4.31. The van der Waals surface area contributed by atoms with Crippen molar-refractivity contribution in [3.05, 3.63) is 0 Å². The predicted molar refractivity (Wildman–Crippen MR) is 54.0 cm³/mol. The van der Waals surface area contributed by atoms with Crippen LogP contribution in [-0.2, 0) is 9.59 Å². The molecule has 0 bridgehead atoms. The summed E-state index contributed by atoms with van der Waals surface area (Å²) in [7, 11) is 0. The van der Waals surface area contributed by atoms with E-state index in [0.29, 0.717) is 0 Å². The van der Waals surface area contributed by atoms with Crippen LogP contribution < -0.4 is 16.8 Å². The highest BCUT2D eigenvalue weighted by Crippen LogP contribution is 2.15. The number of hydrogen-bond donors (Lipinski definition) is 4. The zero-order valence-corrected chi connectivity index (χ0v) is 8.94. The van der Waals surface area contributed by atoms with Gasteiger partial charge in [0.05, 0.1) is 0 Å². The molecule has 2 amide bonds. The number of rotatable bonds is 4. The third-order valence-electron chi connectivity index (χ3n) is 2.09. The van der Waals surface area contributed by atoms with Crippen LogP contribution in [0.25, 0.3) is 0 Å². The summed E-state index contributed by atoms with van der Waals surface area (Å²) >= 11 is 0. The van der Waals surface area contributed by atoms with Crippen molar-refractivity contribution in [1.82, 2.24) is 5.32 Å². The standard InChI is InChI=1S/C8H16N4O3/c1-4(5(9)13)11-7(14)8(2,3)6(10)12-15/h4,15H,1-3H3,(H2,9,13)(H2,10,12)(H,11,14). The number of primary amides is 1. The van der Waals surface area contributed by atoms with Gasteiger partial charge in [-0.1, -0.05) is 5.16 Å². The normalized spacial score (nSPS) is 14.5. The molecule has 1 unspecified atom stereocenters. The maximum absolute atomic E-state index is 11.6. The summed E-state index contributed by atoms with van der Waals surface area (Å²) in [5.74, 6) is -1.43. The van der Waals surface area contributed by atoms with Gasteiger partial charge >= 0.3 is 0 Å². The minimum Gasteiger partial charge on any atom is -0.409 e. The molecule has 0 aliphatic carbocycles. The van der Waals surface area contributed by atoms with Crippen molar-refractivity contribution in [2.24, 2.45) is 22.0 Å². The highest BCUT2D eigenvalue weighted by atomic mass is 16.4. The van der Waals surface area contributed by atoms with Gasteiger partial charge in [-0.25, -0.2) is 0 Å². The predicted octanol–water partition coefficient (Wildman–Crippen LogP) is -1.25. The number of hydrogen-bond acceptors (Lipinski definition) is 4. The van der Waals surface area contributed by atoms with Gasteiger partial charge in [0.2, 0.25) is 11.8 Å². The molecule has 0 fully saturated rings. The summed E-state index contributed by atoms with van der Waals surface area (Å²) < 4.78 is 0. The molecule has 0 aromatic heterocycles. The first kappa shape index (κ1) is 13.2. The largest absolute Gasteiger partial charge is 0.409 e. The number of amidine groups is 1. The molecule has 0 saturated heterocycles. The van der Waals surface area contributed by atoms with Gasteiger partial charge in [0, 0.05) is 0 Å².